The van der Waals surface area contributed by atoms with E-state index in [9.17, 15) is 0 Å². The van der Waals surface area contributed by atoms with Gasteiger partial charge >= 0.3 is 0 Å². The second-order valence-electron chi connectivity index (χ2n) is 3.61. The SMILES string of the molecule is N#Cc1cccc2c3ccccc3n(I)c12. The summed E-state index contributed by atoms with van der Waals surface area (Å²) in [5, 5.41) is 11.5. The number of para-hydroxylation sites is 2. The number of nitrogens with zero attached hydrogens (tertiary/aromatic N) is 2. The molecule has 1 heterocycles. The number of hydrogen-bond acceptors (Lipinski definition) is 1. The maximum atomic E-state index is 9.12. The molecule has 0 saturated heterocycles. The monoisotopic (exact) mass is 318 g/mol. The second-order valence-corrected chi connectivity index (χ2v) is 4.58. The van der Waals surface area contributed by atoms with E-state index in [2.05, 4.69) is 49.9 Å². The average molecular weight is 318 g/mol. The summed E-state index contributed by atoms with van der Waals surface area (Å²) in [6.45, 7) is 0. The van der Waals surface area contributed by atoms with E-state index in [4.69, 9.17) is 5.26 Å². The Morgan fingerprint density at radius 3 is 2.56 bits per heavy atom. The molecule has 2 nitrogen and oxygen atoms in total. The Labute approximate surface area is 107 Å². The normalized spacial score (nSPS) is 10.8. The summed E-state index contributed by atoms with van der Waals surface area (Å²) in [6, 6.07) is 16.3. The van der Waals surface area contributed by atoms with E-state index in [1.165, 1.54) is 5.39 Å². The van der Waals surface area contributed by atoms with Gasteiger partial charge in [0.1, 0.15) is 6.07 Å². The van der Waals surface area contributed by atoms with Crippen LogP contribution in [0.25, 0.3) is 21.8 Å². The van der Waals surface area contributed by atoms with Crippen molar-refractivity contribution < 1.29 is 0 Å². The number of hydrogen-bond donors (Lipinski definition) is 0. The second kappa shape index (κ2) is 3.49. The number of benzene rings is 2. The van der Waals surface area contributed by atoms with E-state index < -0.39 is 0 Å². The van der Waals surface area contributed by atoms with Crippen LogP contribution >= 0.6 is 22.9 Å². The maximum absolute atomic E-state index is 9.12. The summed E-state index contributed by atoms with van der Waals surface area (Å²) in [7, 11) is 0. The predicted octanol–water partition coefficient (Wildman–Crippen LogP) is 3.86. The minimum absolute atomic E-state index is 0.725. The standard InChI is InChI=1S/C13H7IN2/c14-16-12-7-2-1-5-10(12)11-6-3-4-9(8-15)13(11)16/h1-7H. The van der Waals surface area contributed by atoms with Crippen molar-refractivity contribution in [3.8, 4) is 6.07 Å². The summed E-state index contributed by atoms with van der Waals surface area (Å²) in [5.41, 5.74) is 2.88. The van der Waals surface area contributed by atoms with Crippen molar-refractivity contribution in [1.82, 2.24) is 2.78 Å². The molecule has 76 valence electrons. The van der Waals surface area contributed by atoms with E-state index in [1.807, 2.05) is 24.3 Å². The highest BCUT2D eigenvalue weighted by atomic mass is 127. The number of aromatic nitrogens is 1. The number of fused-ring (bicyclic) bond motifs is 3. The Morgan fingerprint density at radius 2 is 1.75 bits per heavy atom. The summed E-state index contributed by atoms with van der Waals surface area (Å²) in [5.74, 6) is 0. The molecular formula is C13H7IN2. The van der Waals surface area contributed by atoms with Crippen LogP contribution in [0.5, 0.6) is 0 Å². The van der Waals surface area contributed by atoms with E-state index in [-0.39, 0.29) is 0 Å². The van der Waals surface area contributed by atoms with Gasteiger partial charge in [-0.2, -0.15) is 5.26 Å². The van der Waals surface area contributed by atoms with Gasteiger partial charge in [0, 0.05) is 10.8 Å². The van der Waals surface area contributed by atoms with Gasteiger partial charge in [-0.05, 0) is 12.1 Å². The van der Waals surface area contributed by atoms with Crippen molar-refractivity contribution in [2.75, 3.05) is 0 Å². The molecule has 0 amide bonds. The minimum atomic E-state index is 0.725. The van der Waals surface area contributed by atoms with Gasteiger partial charge in [-0.15, -0.1) is 0 Å². The smallest absolute Gasteiger partial charge is 0.101 e. The first-order valence-corrected chi connectivity index (χ1v) is 5.88. The fourth-order valence-electron chi connectivity index (χ4n) is 2.06. The molecule has 1 aromatic heterocycles. The summed E-state index contributed by atoms with van der Waals surface area (Å²) < 4.78 is 2.06. The van der Waals surface area contributed by atoms with Gasteiger partial charge in [0.25, 0.3) is 0 Å². The van der Waals surface area contributed by atoms with Crippen molar-refractivity contribution in [3.63, 3.8) is 0 Å². The lowest BCUT2D eigenvalue weighted by Gasteiger charge is -1.96. The summed E-state index contributed by atoms with van der Waals surface area (Å²) >= 11 is 2.25. The quantitative estimate of drug-likeness (QED) is 0.579. The molecule has 0 unspecified atom stereocenters. The van der Waals surface area contributed by atoms with E-state index in [0.717, 1.165) is 22.0 Å². The van der Waals surface area contributed by atoms with Gasteiger partial charge in [0.05, 0.1) is 39.5 Å². The molecule has 0 aliphatic carbocycles. The summed E-state index contributed by atoms with van der Waals surface area (Å²) in [4.78, 5) is 0. The van der Waals surface area contributed by atoms with Gasteiger partial charge in [0.2, 0.25) is 0 Å². The first-order chi connectivity index (χ1) is 7.83. The third-order valence-electron chi connectivity index (χ3n) is 2.76. The van der Waals surface area contributed by atoms with Crippen LogP contribution in [-0.4, -0.2) is 2.78 Å². The van der Waals surface area contributed by atoms with Crippen LogP contribution in [0.4, 0.5) is 0 Å². The molecule has 0 saturated carbocycles. The molecule has 16 heavy (non-hydrogen) atoms. The van der Waals surface area contributed by atoms with E-state index in [0.29, 0.717) is 0 Å². The van der Waals surface area contributed by atoms with Gasteiger partial charge in [-0.3, -0.25) is 2.78 Å². The molecule has 0 fully saturated rings. The average Bonchev–Trinajstić information content (AvgIpc) is 2.64. The maximum Gasteiger partial charge on any atom is 0.101 e. The zero-order valence-corrected chi connectivity index (χ0v) is 10.5. The van der Waals surface area contributed by atoms with Crippen molar-refractivity contribution in [3.05, 3.63) is 48.0 Å². The molecule has 0 bridgehead atoms. The topological polar surface area (TPSA) is 28.7 Å². The van der Waals surface area contributed by atoms with Crippen LogP contribution in [0.15, 0.2) is 42.5 Å². The van der Waals surface area contributed by atoms with Crippen LogP contribution in [0.1, 0.15) is 5.56 Å². The highest BCUT2D eigenvalue weighted by Crippen LogP contribution is 2.32. The van der Waals surface area contributed by atoms with Gasteiger partial charge in [0.15, 0.2) is 0 Å². The number of nitriles is 1. The van der Waals surface area contributed by atoms with E-state index in [1.54, 1.807) is 0 Å². The van der Waals surface area contributed by atoms with Crippen molar-refractivity contribution >= 4 is 44.7 Å². The Morgan fingerprint density at radius 1 is 1.00 bits per heavy atom. The molecule has 2 aromatic carbocycles. The van der Waals surface area contributed by atoms with Crippen LogP contribution in [-0.2, 0) is 0 Å². The molecule has 3 aromatic rings. The van der Waals surface area contributed by atoms with Crippen molar-refractivity contribution in [2.45, 2.75) is 0 Å². The van der Waals surface area contributed by atoms with Crippen molar-refractivity contribution in [2.24, 2.45) is 0 Å². The predicted molar refractivity (Wildman–Crippen MR) is 73.6 cm³/mol. The largest absolute Gasteiger partial charge is 0.280 e. The fraction of sp³-hybridized carbons (Fsp3) is 0. The van der Waals surface area contributed by atoms with Crippen LogP contribution in [0.3, 0.4) is 0 Å². The molecule has 0 aliphatic rings. The summed E-state index contributed by atoms with van der Waals surface area (Å²) in [6.07, 6.45) is 0. The molecule has 0 aliphatic heterocycles. The molecule has 0 radical (unpaired) electrons. The Hall–Kier alpha value is -1.54. The van der Waals surface area contributed by atoms with Crippen LogP contribution in [0.2, 0.25) is 0 Å². The molecule has 0 atom stereocenters. The Bertz CT molecular complexity index is 735. The molecule has 3 rings (SSSR count). The number of rotatable bonds is 0. The van der Waals surface area contributed by atoms with Crippen molar-refractivity contribution in [1.29, 1.82) is 5.26 Å². The minimum Gasteiger partial charge on any atom is -0.280 e. The van der Waals surface area contributed by atoms with Crippen LogP contribution in [0, 0.1) is 11.3 Å². The van der Waals surface area contributed by atoms with E-state index >= 15 is 0 Å². The Balaban J connectivity index is 2.68. The van der Waals surface area contributed by atoms with Gasteiger partial charge in [-0.25, -0.2) is 0 Å². The molecule has 0 N–H and O–H groups in total. The third kappa shape index (κ3) is 1.17. The molecule has 0 spiro atoms. The zero-order valence-electron chi connectivity index (χ0n) is 8.31. The molecular weight excluding hydrogens is 311 g/mol. The molecule has 3 heteroatoms. The lowest BCUT2D eigenvalue weighted by atomic mass is 10.1. The first kappa shape index (κ1) is 9.67. The Kier molecular flexibility index (Phi) is 2.11. The first-order valence-electron chi connectivity index (χ1n) is 4.91. The lowest BCUT2D eigenvalue weighted by Crippen LogP contribution is -1.82. The lowest BCUT2D eigenvalue weighted by molar-refractivity contribution is 1.45. The highest BCUT2D eigenvalue weighted by Gasteiger charge is 2.11. The van der Waals surface area contributed by atoms with Gasteiger partial charge in [-0.1, -0.05) is 30.3 Å². The van der Waals surface area contributed by atoms with Gasteiger partial charge < -0.3 is 0 Å². The fourth-order valence-corrected chi connectivity index (χ4v) is 3.00. The highest BCUT2D eigenvalue weighted by molar-refractivity contribution is 14.1. The third-order valence-corrected chi connectivity index (χ3v) is 3.76. The number of halogens is 1. The zero-order chi connectivity index (χ0) is 11.1. The van der Waals surface area contributed by atoms with Crippen LogP contribution < -0.4 is 0 Å².